The van der Waals surface area contributed by atoms with Crippen LogP contribution in [0, 0.1) is 5.92 Å². The highest BCUT2D eigenvalue weighted by Gasteiger charge is 2.32. The number of unbranched alkanes of at least 4 members (excludes halogenated alkanes) is 3. The van der Waals surface area contributed by atoms with Crippen LogP contribution in [-0.4, -0.2) is 29.9 Å². The molecule has 1 saturated carbocycles. The predicted octanol–water partition coefficient (Wildman–Crippen LogP) is 2.96. The zero-order valence-corrected chi connectivity index (χ0v) is 12.7. The van der Waals surface area contributed by atoms with E-state index in [2.05, 4.69) is 18.7 Å². The Hall–Kier alpha value is -0.280. The van der Waals surface area contributed by atoms with Gasteiger partial charge in [-0.05, 0) is 38.1 Å². The van der Waals surface area contributed by atoms with Gasteiger partial charge in [0, 0.05) is 19.0 Å². The summed E-state index contributed by atoms with van der Waals surface area (Å²) in [4.78, 5) is 14.2. The van der Waals surface area contributed by atoms with Crippen LogP contribution in [0.5, 0.6) is 0 Å². The van der Waals surface area contributed by atoms with Crippen molar-refractivity contribution in [3.05, 3.63) is 0 Å². The van der Waals surface area contributed by atoms with E-state index in [4.69, 9.17) is 5.73 Å². The van der Waals surface area contributed by atoms with E-state index in [9.17, 15) is 4.79 Å². The first kappa shape index (κ1) is 17.7. The van der Waals surface area contributed by atoms with Crippen LogP contribution in [-0.2, 0) is 4.79 Å². The molecule has 1 aliphatic carbocycles. The molecule has 18 heavy (non-hydrogen) atoms. The third kappa shape index (κ3) is 7.22. The van der Waals surface area contributed by atoms with Crippen LogP contribution in [0.4, 0.5) is 0 Å². The van der Waals surface area contributed by atoms with Gasteiger partial charge >= 0.3 is 0 Å². The van der Waals surface area contributed by atoms with Crippen molar-refractivity contribution in [3.63, 3.8) is 0 Å². The molecule has 2 N–H and O–H groups in total. The van der Waals surface area contributed by atoms with Crippen LogP contribution in [0.15, 0.2) is 0 Å². The van der Waals surface area contributed by atoms with Crippen molar-refractivity contribution in [2.75, 3.05) is 13.1 Å². The monoisotopic (exact) mass is 276 g/mol. The normalized spacial score (nSPS) is 14.4. The lowest BCUT2D eigenvalue weighted by Crippen LogP contribution is -2.35. The Morgan fingerprint density at radius 1 is 1.22 bits per heavy atom. The fourth-order valence-corrected chi connectivity index (χ4v) is 2.15. The topological polar surface area (TPSA) is 46.3 Å². The van der Waals surface area contributed by atoms with E-state index in [1.165, 1.54) is 12.8 Å². The average molecular weight is 277 g/mol. The average Bonchev–Trinajstić information content (AvgIpc) is 3.09. The minimum atomic E-state index is 0. The van der Waals surface area contributed by atoms with Crippen molar-refractivity contribution in [2.24, 2.45) is 11.7 Å². The van der Waals surface area contributed by atoms with Gasteiger partial charge in [-0.2, -0.15) is 0 Å². The molecule has 0 spiro atoms. The Labute approximate surface area is 118 Å². The van der Waals surface area contributed by atoms with Gasteiger partial charge in [-0.1, -0.05) is 26.7 Å². The summed E-state index contributed by atoms with van der Waals surface area (Å²) in [5, 5.41) is 0. The van der Waals surface area contributed by atoms with Crippen LogP contribution in [0.3, 0.4) is 0 Å². The van der Waals surface area contributed by atoms with Gasteiger partial charge in [0.15, 0.2) is 0 Å². The van der Waals surface area contributed by atoms with E-state index >= 15 is 0 Å². The molecule has 0 heterocycles. The van der Waals surface area contributed by atoms with Crippen LogP contribution in [0.1, 0.15) is 58.8 Å². The Morgan fingerprint density at radius 2 is 1.83 bits per heavy atom. The molecule has 0 aromatic heterocycles. The summed E-state index contributed by atoms with van der Waals surface area (Å²) in [7, 11) is 0. The van der Waals surface area contributed by atoms with Crippen LogP contribution < -0.4 is 5.73 Å². The Morgan fingerprint density at radius 3 is 2.33 bits per heavy atom. The number of halogens is 1. The lowest BCUT2D eigenvalue weighted by atomic mass is 10.1. The Balaban J connectivity index is 0.00000289. The van der Waals surface area contributed by atoms with Gasteiger partial charge in [0.25, 0.3) is 0 Å². The molecule has 0 saturated heterocycles. The van der Waals surface area contributed by atoms with E-state index < -0.39 is 0 Å². The summed E-state index contributed by atoms with van der Waals surface area (Å²) < 4.78 is 0. The molecule has 1 aliphatic rings. The Bertz CT molecular complexity index is 230. The summed E-state index contributed by atoms with van der Waals surface area (Å²) in [6, 6.07) is 0.564. The number of rotatable bonds is 9. The van der Waals surface area contributed by atoms with Crippen LogP contribution in [0.2, 0.25) is 0 Å². The molecule has 0 bridgehead atoms. The smallest absolute Gasteiger partial charge is 0.222 e. The molecule has 0 aromatic carbocycles. The minimum Gasteiger partial charge on any atom is -0.339 e. The largest absolute Gasteiger partial charge is 0.339 e. The Kier molecular flexibility index (Phi) is 9.47. The van der Waals surface area contributed by atoms with Gasteiger partial charge in [-0.25, -0.2) is 0 Å². The maximum atomic E-state index is 12.1. The fraction of sp³-hybridized carbons (Fsp3) is 0.929. The molecule has 1 fully saturated rings. The first-order chi connectivity index (χ1) is 8.15. The molecule has 0 aromatic rings. The van der Waals surface area contributed by atoms with Gasteiger partial charge in [-0.3, -0.25) is 4.79 Å². The van der Waals surface area contributed by atoms with E-state index in [0.717, 1.165) is 45.2 Å². The fourth-order valence-electron chi connectivity index (χ4n) is 2.15. The third-order valence-corrected chi connectivity index (χ3v) is 3.21. The number of carbonyl (C=O) groups is 1. The summed E-state index contributed by atoms with van der Waals surface area (Å²) in [5.74, 6) is 0.950. The van der Waals surface area contributed by atoms with Crippen molar-refractivity contribution in [1.82, 2.24) is 4.90 Å². The SMILES string of the molecule is CC(C)CN(C(=O)CCCCCCN)C1CC1.Cl. The number of hydrogen-bond donors (Lipinski definition) is 1. The van der Waals surface area contributed by atoms with Crippen molar-refractivity contribution in [1.29, 1.82) is 0 Å². The lowest BCUT2D eigenvalue weighted by Gasteiger charge is -2.24. The molecule has 0 atom stereocenters. The van der Waals surface area contributed by atoms with Gasteiger partial charge in [0.2, 0.25) is 5.91 Å². The van der Waals surface area contributed by atoms with Crippen molar-refractivity contribution in [2.45, 2.75) is 64.8 Å². The van der Waals surface area contributed by atoms with Crippen molar-refractivity contribution in [3.8, 4) is 0 Å². The molecule has 1 rings (SSSR count). The maximum absolute atomic E-state index is 12.1. The summed E-state index contributed by atoms with van der Waals surface area (Å²) in [6.45, 7) is 6.08. The van der Waals surface area contributed by atoms with E-state index in [1.54, 1.807) is 0 Å². The molecule has 1 amide bonds. The molecular weight excluding hydrogens is 248 g/mol. The molecule has 3 nitrogen and oxygen atoms in total. The molecule has 108 valence electrons. The van der Waals surface area contributed by atoms with E-state index in [0.29, 0.717) is 17.9 Å². The second-order valence-corrected chi connectivity index (χ2v) is 5.62. The zero-order valence-electron chi connectivity index (χ0n) is 11.9. The summed E-state index contributed by atoms with van der Waals surface area (Å²) >= 11 is 0. The molecular formula is C14H29ClN2O. The highest BCUT2D eigenvalue weighted by Crippen LogP contribution is 2.28. The minimum absolute atomic E-state index is 0. The maximum Gasteiger partial charge on any atom is 0.222 e. The first-order valence-electron chi connectivity index (χ1n) is 7.14. The second kappa shape index (κ2) is 9.62. The van der Waals surface area contributed by atoms with E-state index in [-0.39, 0.29) is 12.4 Å². The molecule has 0 radical (unpaired) electrons. The second-order valence-electron chi connectivity index (χ2n) is 5.62. The predicted molar refractivity (Wildman–Crippen MR) is 79.0 cm³/mol. The van der Waals surface area contributed by atoms with Gasteiger partial charge in [0.1, 0.15) is 0 Å². The zero-order chi connectivity index (χ0) is 12.7. The highest BCUT2D eigenvalue weighted by molar-refractivity contribution is 5.85. The standard InChI is InChI=1S/C14H28N2O.ClH/c1-12(2)11-16(13-8-9-13)14(17)7-5-3-4-6-10-15;/h12-13H,3-11,15H2,1-2H3;1H. The number of nitrogens with two attached hydrogens (primary N) is 1. The molecule has 4 heteroatoms. The van der Waals surface area contributed by atoms with Crippen molar-refractivity contribution < 1.29 is 4.79 Å². The lowest BCUT2D eigenvalue weighted by molar-refractivity contribution is -0.132. The summed E-state index contributed by atoms with van der Waals surface area (Å²) in [5.41, 5.74) is 5.45. The summed E-state index contributed by atoms with van der Waals surface area (Å²) in [6.07, 6.45) is 7.58. The van der Waals surface area contributed by atoms with Gasteiger partial charge in [-0.15, -0.1) is 12.4 Å². The van der Waals surface area contributed by atoms with Gasteiger partial charge in [0.05, 0.1) is 0 Å². The van der Waals surface area contributed by atoms with Crippen LogP contribution in [0.25, 0.3) is 0 Å². The number of nitrogens with zero attached hydrogens (tertiary/aromatic N) is 1. The third-order valence-electron chi connectivity index (χ3n) is 3.21. The molecule has 0 aliphatic heterocycles. The number of carbonyl (C=O) groups excluding carboxylic acids is 1. The van der Waals surface area contributed by atoms with Crippen LogP contribution >= 0.6 is 12.4 Å². The number of hydrogen-bond acceptors (Lipinski definition) is 2. The molecule has 0 unspecified atom stereocenters. The van der Waals surface area contributed by atoms with Crippen molar-refractivity contribution >= 4 is 18.3 Å². The highest BCUT2D eigenvalue weighted by atomic mass is 35.5. The first-order valence-corrected chi connectivity index (χ1v) is 7.14. The quantitative estimate of drug-likeness (QED) is 0.658. The number of amides is 1. The van der Waals surface area contributed by atoms with Gasteiger partial charge < -0.3 is 10.6 Å². The van der Waals surface area contributed by atoms with E-state index in [1.807, 2.05) is 0 Å².